The van der Waals surface area contributed by atoms with Crippen molar-refractivity contribution in [1.29, 1.82) is 0 Å². The first-order chi connectivity index (χ1) is 15.7. The SMILES string of the molecule is COc1ccc2cc(C(C)C(=O)Nc3ncc(SCc4ncc(C(C)(C)C)o4)s3)ccc2c1. The van der Waals surface area contributed by atoms with Gasteiger partial charge in [0.15, 0.2) is 5.13 Å². The summed E-state index contributed by atoms with van der Waals surface area (Å²) >= 11 is 3.04. The van der Waals surface area contributed by atoms with Crippen molar-refractivity contribution in [1.82, 2.24) is 9.97 Å². The standard InChI is InChI=1S/C25H27N3O3S2/c1-15(16-6-7-18-11-19(30-5)9-8-17(18)10-16)23(29)28-24-27-13-22(33-24)32-14-21-26-12-20(31-21)25(2,3)4/h6-13,15H,14H2,1-5H3,(H,27,28,29). The first-order valence-electron chi connectivity index (χ1n) is 10.7. The van der Waals surface area contributed by atoms with E-state index in [1.54, 1.807) is 31.3 Å². The number of carbonyl (C=O) groups excluding carboxylic acids is 1. The Balaban J connectivity index is 1.37. The molecule has 8 heteroatoms. The molecule has 0 aliphatic heterocycles. The Labute approximate surface area is 201 Å². The Morgan fingerprint density at radius 2 is 1.91 bits per heavy atom. The number of hydrogen-bond donors (Lipinski definition) is 1. The third kappa shape index (κ3) is 5.57. The number of amides is 1. The smallest absolute Gasteiger partial charge is 0.233 e. The molecule has 0 spiro atoms. The molecule has 2 aromatic carbocycles. The number of rotatable bonds is 7. The number of nitrogens with one attached hydrogen (secondary N) is 1. The molecule has 0 saturated carbocycles. The maximum absolute atomic E-state index is 12.8. The molecule has 172 valence electrons. The fourth-order valence-corrected chi connectivity index (χ4v) is 4.97. The van der Waals surface area contributed by atoms with Crippen LogP contribution in [-0.4, -0.2) is 23.0 Å². The van der Waals surface area contributed by atoms with Crippen molar-refractivity contribution in [3.05, 3.63) is 66.0 Å². The fourth-order valence-electron chi connectivity index (χ4n) is 3.24. The minimum absolute atomic E-state index is 0.0630. The molecule has 1 amide bonds. The van der Waals surface area contributed by atoms with Crippen LogP contribution in [0.25, 0.3) is 10.8 Å². The Morgan fingerprint density at radius 1 is 1.15 bits per heavy atom. The van der Waals surface area contributed by atoms with Gasteiger partial charge in [-0.2, -0.15) is 0 Å². The Kier molecular flexibility index (Phi) is 6.76. The third-order valence-electron chi connectivity index (χ3n) is 5.31. The summed E-state index contributed by atoms with van der Waals surface area (Å²) in [5.41, 5.74) is 0.891. The maximum atomic E-state index is 12.8. The van der Waals surface area contributed by atoms with Crippen LogP contribution in [0.4, 0.5) is 5.13 Å². The third-order valence-corrected chi connectivity index (χ3v) is 7.40. The van der Waals surface area contributed by atoms with E-state index in [-0.39, 0.29) is 17.2 Å². The summed E-state index contributed by atoms with van der Waals surface area (Å²) in [6.45, 7) is 8.19. The first kappa shape index (κ1) is 23.3. The molecule has 0 aliphatic rings. The van der Waals surface area contributed by atoms with E-state index in [1.165, 1.54) is 11.3 Å². The van der Waals surface area contributed by atoms with Crippen LogP contribution in [0.15, 0.2) is 57.4 Å². The van der Waals surface area contributed by atoms with Crippen LogP contribution >= 0.6 is 23.1 Å². The molecular weight excluding hydrogens is 454 g/mol. The molecule has 4 aromatic rings. The lowest BCUT2D eigenvalue weighted by atomic mass is 9.94. The summed E-state index contributed by atoms with van der Waals surface area (Å²) in [5, 5.41) is 5.68. The molecule has 0 bridgehead atoms. The number of nitrogens with zero attached hydrogens (tertiary/aromatic N) is 2. The number of carbonyl (C=O) groups is 1. The molecule has 0 saturated heterocycles. The van der Waals surface area contributed by atoms with Crippen LogP contribution in [0.1, 0.15) is 50.8 Å². The zero-order chi connectivity index (χ0) is 23.6. The predicted molar refractivity (Wildman–Crippen MR) is 134 cm³/mol. The van der Waals surface area contributed by atoms with Crippen LogP contribution in [0.2, 0.25) is 0 Å². The zero-order valence-corrected chi connectivity index (χ0v) is 21.0. The summed E-state index contributed by atoms with van der Waals surface area (Å²) in [6, 6.07) is 12.0. The number of methoxy groups -OCH3 is 1. The number of ether oxygens (including phenoxy) is 1. The van der Waals surface area contributed by atoms with E-state index in [9.17, 15) is 4.79 Å². The van der Waals surface area contributed by atoms with Gasteiger partial charge >= 0.3 is 0 Å². The van der Waals surface area contributed by atoms with Gasteiger partial charge in [-0.05, 0) is 35.4 Å². The van der Waals surface area contributed by atoms with Crippen LogP contribution < -0.4 is 10.1 Å². The molecule has 2 aromatic heterocycles. The minimum atomic E-state index is -0.306. The van der Waals surface area contributed by atoms with E-state index < -0.39 is 0 Å². The van der Waals surface area contributed by atoms with Gasteiger partial charge in [-0.3, -0.25) is 4.79 Å². The van der Waals surface area contributed by atoms with Gasteiger partial charge in [-0.15, -0.1) is 11.8 Å². The number of oxazole rings is 1. The van der Waals surface area contributed by atoms with Gasteiger partial charge in [0.25, 0.3) is 0 Å². The summed E-state index contributed by atoms with van der Waals surface area (Å²) in [4.78, 5) is 21.6. The van der Waals surface area contributed by atoms with Gasteiger partial charge in [0.05, 0.1) is 35.4 Å². The van der Waals surface area contributed by atoms with Crippen LogP contribution in [0.5, 0.6) is 5.75 Å². The van der Waals surface area contributed by atoms with Crippen molar-refractivity contribution in [3.8, 4) is 5.75 Å². The highest BCUT2D eigenvalue weighted by Crippen LogP contribution is 2.32. The lowest BCUT2D eigenvalue weighted by Crippen LogP contribution is -2.18. The van der Waals surface area contributed by atoms with Crippen LogP contribution in [-0.2, 0) is 16.0 Å². The van der Waals surface area contributed by atoms with Gasteiger partial charge in [-0.25, -0.2) is 9.97 Å². The highest BCUT2D eigenvalue weighted by Gasteiger charge is 2.20. The summed E-state index contributed by atoms with van der Waals surface area (Å²) in [6.07, 6.45) is 3.56. The summed E-state index contributed by atoms with van der Waals surface area (Å²) in [7, 11) is 1.65. The number of benzene rings is 2. The number of thiazole rings is 1. The van der Waals surface area contributed by atoms with Crippen molar-refractivity contribution >= 4 is 44.9 Å². The summed E-state index contributed by atoms with van der Waals surface area (Å²) in [5.74, 6) is 2.60. The second kappa shape index (κ2) is 9.57. The molecule has 0 fully saturated rings. The highest BCUT2D eigenvalue weighted by molar-refractivity contribution is 8.00. The quantitative estimate of drug-likeness (QED) is 0.299. The van der Waals surface area contributed by atoms with E-state index in [0.717, 1.165) is 32.1 Å². The van der Waals surface area contributed by atoms with E-state index >= 15 is 0 Å². The molecule has 4 rings (SSSR count). The fraction of sp³-hybridized carbons (Fsp3) is 0.320. The van der Waals surface area contributed by atoms with Crippen LogP contribution in [0, 0.1) is 0 Å². The lowest BCUT2D eigenvalue weighted by Gasteiger charge is -2.13. The van der Waals surface area contributed by atoms with Crippen molar-refractivity contribution in [2.45, 2.75) is 49.0 Å². The Bertz CT molecular complexity index is 1270. The highest BCUT2D eigenvalue weighted by atomic mass is 32.2. The Morgan fingerprint density at radius 3 is 2.64 bits per heavy atom. The normalized spacial score (nSPS) is 12.6. The second-order valence-corrected chi connectivity index (χ2v) is 11.1. The molecule has 1 N–H and O–H groups in total. The molecule has 1 atom stereocenters. The lowest BCUT2D eigenvalue weighted by molar-refractivity contribution is -0.117. The summed E-state index contributed by atoms with van der Waals surface area (Å²) < 4.78 is 12.1. The Hall–Kier alpha value is -2.84. The second-order valence-electron chi connectivity index (χ2n) is 8.82. The minimum Gasteiger partial charge on any atom is -0.497 e. The van der Waals surface area contributed by atoms with E-state index in [4.69, 9.17) is 9.15 Å². The average Bonchev–Trinajstić information content (AvgIpc) is 3.45. The molecule has 0 aliphatic carbocycles. The van der Waals surface area contributed by atoms with Crippen molar-refractivity contribution in [2.24, 2.45) is 0 Å². The van der Waals surface area contributed by atoms with Crippen molar-refractivity contribution in [3.63, 3.8) is 0 Å². The van der Waals surface area contributed by atoms with Crippen LogP contribution in [0.3, 0.4) is 0 Å². The number of aromatic nitrogens is 2. The largest absolute Gasteiger partial charge is 0.497 e. The van der Waals surface area contributed by atoms with Gasteiger partial charge in [0.1, 0.15) is 11.5 Å². The van der Waals surface area contributed by atoms with Gasteiger partial charge < -0.3 is 14.5 Å². The molecule has 2 heterocycles. The van der Waals surface area contributed by atoms with Crippen molar-refractivity contribution < 1.29 is 13.9 Å². The molecule has 0 radical (unpaired) electrons. The number of hydrogen-bond acceptors (Lipinski definition) is 7. The van der Waals surface area contributed by atoms with Gasteiger partial charge in [0.2, 0.25) is 11.8 Å². The maximum Gasteiger partial charge on any atom is 0.233 e. The molecule has 33 heavy (non-hydrogen) atoms. The van der Waals surface area contributed by atoms with Crippen molar-refractivity contribution in [2.75, 3.05) is 12.4 Å². The van der Waals surface area contributed by atoms with Gasteiger partial charge in [-0.1, -0.05) is 56.4 Å². The number of thioether (sulfide) groups is 1. The molecule has 6 nitrogen and oxygen atoms in total. The zero-order valence-electron chi connectivity index (χ0n) is 19.3. The molecule has 1 unspecified atom stereocenters. The van der Waals surface area contributed by atoms with E-state index in [2.05, 4.69) is 36.1 Å². The number of fused-ring (bicyclic) bond motifs is 1. The van der Waals surface area contributed by atoms with Gasteiger partial charge in [0, 0.05) is 5.41 Å². The van der Waals surface area contributed by atoms with E-state index in [1.807, 2.05) is 43.3 Å². The predicted octanol–water partition coefficient (Wildman–Crippen LogP) is 6.62. The monoisotopic (exact) mass is 481 g/mol. The van der Waals surface area contributed by atoms with E-state index in [0.29, 0.717) is 16.8 Å². The molecular formula is C25H27N3O3S2. The average molecular weight is 482 g/mol. The number of anilines is 1. The first-order valence-corrected chi connectivity index (χ1v) is 12.5. The topological polar surface area (TPSA) is 77.2 Å².